The van der Waals surface area contributed by atoms with Gasteiger partial charge in [0, 0.05) is 12.7 Å². The zero-order valence-electron chi connectivity index (χ0n) is 15.4. The summed E-state index contributed by atoms with van der Waals surface area (Å²) in [6.45, 7) is 6.53. The predicted molar refractivity (Wildman–Crippen MR) is 96.5 cm³/mol. The number of ether oxygens (including phenoxy) is 2. The molecule has 1 aliphatic heterocycles. The molecule has 2 aromatic rings. The van der Waals surface area contributed by atoms with E-state index in [1.54, 1.807) is 17.2 Å². The third-order valence-electron chi connectivity index (χ3n) is 4.10. The molecule has 6 heteroatoms. The molecule has 1 aromatic heterocycles. The summed E-state index contributed by atoms with van der Waals surface area (Å²) in [4.78, 5) is 29.9. The van der Waals surface area contributed by atoms with Crippen LogP contribution in [-0.2, 0) is 22.6 Å². The highest BCUT2D eigenvalue weighted by Gasteiger charge is 2.29. The molecule has 136 valence electrons. The monoisotopic (exact) mass is 354 g/mol. The summed E-state index contributed by atoms with van der Waals surface area (Å²) < 4.78 is 10.2. The summed E-state index contributed by atoms with van der Waals surface area (Å²) in [5.41, 5.74) is 3.69. The maximum Gasteiger partial charge on any atom is 0.410 e. The van der Waals surface area contributed by atoms with E-state index >= 15 is 0 Å². The first-order chi connectivity index (χ1) is 12.3. The van der Waals surface area contributed by atoms with Crippen molar-refractivity contribution in [2.24, 2.45) is 0 Å². The number of benzene rings is 1. The topological polar surface area (TPSA) is 68.7 Å². The van der Waals surface area contributed by atoms with E-state index in [-0.39, 0.29) is 11.8 Å². The van der Waals surface area contributed by atoms with Crippen molar-refractivity contribution in [2.45, 2.75) is 39.5 Å². The SMILES string of the molecule is COC(=O)c1cc(-c2cccc3c2CN(C(=O)OC(C)(C)C)C3)ccn1. The van der Waals surface area contributed by atoms with Crippen LogP contribution in [0.3, 0.4) is 0 Å². The third kappa shape index (κ3) is 3.69. The Morgan fingerprint density at radius 2 is 1.92 bits per heavy atom. The van der Waals surface area contributed by atoms with Gasteiger partial charge < -0.3 is 9.47 Å². The molecule has 1 aliphatic rings. The molecule has 26 heavy (non-hydrogen) atoms. The highest BCUT2D eigenvalue weighted by Crippen LogP contribution is 2.33. The molecule has 3 rings (SSSR count). The van der Waals surface area contributed by atoms with Crippen molar-refractivity contribution < 1.29 is 19.1 Å². The summed E-state index contributed by atoms with van der Waals surface area (Å²) in [5.74, 6) is -0.477. The number of fused-ring (bicyclic) bond motifs is 1. The fourth-order valence-corrected chi connectivity index (χ4v) is 2.96. The highest BCUT2D eigenvalue weighted by molar-refractivity contribution is 5.89. The average Bonchev–Trinajstić information content (AvgIpc) is 3.04. The van der Waals surface area contributed by atoms with Crippen molar-refractivity contribution in [2.75, 3.05) is 7.11 Å². The number of hydrogen-bond acceptors (Lipinski definition) is 5. The zero-order valence-corrected chi connectivity index (χ0v) is 15.4. The van der Waals surface area contributed by atoms with Crippen LogP contribution in [0.4, 0.5) is 4.79 Å². The quantitative estimate of drug-likeness (QED) is 0.768. The minimum Gasteiger partial charge on any atom is -0.464 e. The Morgan fingerprint density at radius 1 is 1.15 bits per heavy atom. The van der Waals surface area contributed by atoms with Crippen molar-refractivity contribution in [3.63, 3.8) is 0 Å². The Balaban J connectivity index is 1.90. The lowest BCUT2D eigenvalue weighted by Gasteiger charge is -2.24. The van der Waals surface area contributed by atoms with E-state index in [4.69, 9.17) is 9.47 Å². The average molecular weight is 354 g/mol. The van der Waals surface area contributed by atoms with Gasteiger partial charge in [-0.1, -0.05) is 18.2 Å². The number of esters is 1. The number of amides is 1. The summed E-state index contributed by atoms with van der Waals surface area (Å²) >= 11 is 0. The standard InChI is InChI=1S/C20H22N2O4/c1-20(2,3)26-19(24)22-11-14-6-5-7-15(16(14)12-22)13-8-9-21-17(10-13)18(23)25-4/h5-10H,11-12H2,1-4H3. The Kier molecular flexibility index (Phi) is 4.68. The second-order valence-corrected chi connectivity index (χ2v) is 7.20. The number of pyridine rings is 1. The molecule has 0 spiro atoms. The van der Waals surface area contributed by atoms with Gasteiger partial charge in [0.25, 0.3) is 0 Å². The molecule has 0 fully saturated rings. The molecule has 0 bridgehead atoms. The molecule has 1 aromatic carbocycles. The van der Waals surface area contributed by atoms with Crippen LogP contribution < -0.4 is 0 Å². The van der Waals surface area contributed by atoms with Gasteiger partial charge in [-0.25, -0.2) is 14.6 Å². The summed E-state index contributed by atoms with van der Waals surface area (Å²) in [5, 5.41) is 0. The number of carbonyl (C=O) groups excluding carboxylic acids is 2. The van der Waals surface area contributed by atoms with Crippen LogP contribution in [-0.4, -0.2) is 34.7 Å². The number of nitrogens with zero attached hydrogens (tertiary/aromatic N) is 2. The second-order valence-electron chi connectivity index (χ2n) is 7.20. The molecule has 0 aliphatic carbocycles. The predicted octanol–water partition coefficient (Wildman–Crippen LogP) is 3.79. The van der Waals surface area contributed by atoms with Gasteiger partial charge in [-0.05, 0) is 55.2 Å². The van der Waals surface area contributed by atoms with Gasteiger partial charge in [-0.2, -0.15) is 0 Å². The molecule has 0 saturated heterocycles. The first-order valence-electron chi connectivity index (χ1n) is 8.42. The molecular weight excluding hydrogens is 332 g/mol. The fraction of sp³-hybridized carbons (Fsp3) is 0.350. The van der Waals surface area contributed by atoms with E-state index in [0.717, 1.165) is 22.3 Å². The number of aromatic nitrogens is 1. The van der Waals surface area contributed by atoms with E-state index in [1.165, 1.54) is 7.11 Å². The third-order valence-corrected chi connectivity index (χ3v) is 4.10. The van der Waals surface area contributed by atoms with E-state index in [9.17, 15) is 9.59 Å². The maximum atomic E-state index is 12.4. The number of hydrogen-bond donors (Lipinski definition) is 0. The van der Waals surface area contributed by atoms with Crippen LogP contribution in [0.25, 0.3) is 11.1 Å². The van der Waals surface area contributed by atoms with Crippen LogP contribution in [0, 0.1) is 0 Å². The summed E-state index contributed by atoms with van der Waals surface area (Å²) in [7, 11) is 1.33. The molecule has 0 atom stereocenters. The molecule has 2 heterocycles. The largest absolute Gasteiger partial charge is 0.464 e. The molecule has 0 saturated carbocycles. The fourth-order valence-electron chi connectivity index (χ4n) is 2.96. The van der Waals surface area contributed by atoms with Crippen molar-refractivity contribution in [3.05, 3.63) is 53.3 Å². The smallest absolute Gasteiger partial charge is 0.410 e. The summed E-state index contributed by atoms with van der Waals surface area (Å²) in [6, 6.07) is 9.49. The van der Waals surface area contributed by atoms with Gasteiger partial charge in [0.2, 0.25) is 0 Å². The number of carbonyl (C=O) groups is 2. The normalized spacial score (nSPS) is 13.3. The van der Waals surface area contributed by atoms with Gasteiger partial charge in [0.15, 0.2) is 0 Å². The van der Waals surface area contributed by atoms with Gasteiger partial charge in [-0.3, -0.25) is 4.90 Å². The Morgan fingerprint density at radius 3 is 2.62 bits per heavy atom. The van der Waals surface area contributed by atoms with E-state index in [0.29, 0.717) is 13.1 Å². The molecule has 0 N–H and O–H groups in total. The molecule has 0 radical (unpaired) electrons. The Labute approximate surface area is 152 Å². The first kappa shape index (κ1) is 17.9. The Hall–Kier alpha value is -2.89. The number of rotatable bonds is 2. The van der Waals surface area contributed by atoms with Crippen LogP contribution in [0.1, 0.15) is 42.4 Å². The van der Waals surface area contributed by atoms with Crippen LogP contribution in [0.5, 0.6) is 0 Å². The molecular formula is C20H22N2O4. The lowest BCUT2D eigenvalue weighted by atomic mass is 9.97. The van der Waals surface area contributed by atoms with Crippen molar-refractivity contribution in [1.82, 2.24) is 9.88 Å². The minimum atomic E-state index is -0.533. The van der Waals surface area contributed by atoms with Crippen LogP contribution in [0.15, 0.2) is 36.5 Å². The number of methoxy groups -OCH3 is 1. The Bertz CT molecular complexity index is 855. The van der Waals surface area contributed by atoms with Crippen LogP contribution >= 0.6 is 0 Å². The first-order valence-corrected chi connectivity index (χ1v) is 8.42. The lowest BCUT2D eigenvalue weighted by Crippen LogP contribution is -2.33. The van der Waals surface area contributed by atoms with E-state index < -0.39 is 11.6 Å². The van der Waals surface area contributed by atoms with Crippen LogP contribution in [0.2, 0.25) is 0 Å². The second kappa shape index (κ2) is 6.78. The minimum absolute atomic E-state index is 0.254. The van der Waals surface area contributed by atoms with Gasteiger partial charge in [0.1, 0.15) is 11.3 Å². The molecule has 1 amide bonds. The lowest BCUT2D eigenvalue weighted by molar-refractivity contribution is 0.0242. The van der Waals surface area contributed by atoms with Crippen molar-refractivity contribution in [3.8, 4) is 11.1 Å². The van der Waals surface area contributed by atoms with Crippen molar-refractivity contribution in [1.29, 1.82) is 0 Å². The van der Waals surface area contributed by atoms with Crippen molar-refractivity contribution >= 4 is 12.1 Å². The van der Waals surface area contributed by atoms with E-state index in [1.807, 2.05) is 45.0 Å². The van der Waals surface area contributed by atoms with E-state index in [2.05, 4.69) is 4.98 Å². The molecule has 6 nitrogen and oxygen atoms in total. The zero-order chi connectivity index (χ0) is 18.9. The summed E-state index contributed by atoms with van der Waals surface area (Å²) in [6.07, 6.45) is 1.26. The molecule has 0 unspecified atom stereocenters. The highest BCUT2D eigenvalue weighted by atomic mass is 16.6. The van der Waals surface area contributed by atoms with Gasteiger partial charge >= 0.3 is 12.1 Å². The van der Waals surface area contributed by atoms with Gasteiger partial charge in [-0.15, -0.1) is 0 Å². The maximum absolute atomic E-state index is 12.4. The van der Waals surface area contributed by atoms with Gasteiger partial charge in [0.05, 0.1) is 13.7 Å².